The maximum absolute atomic E-state index is 5.72. The maximum atomic E-state index is 5.72. The minimum absolute atomic E-state index is 0.380. The first-order chi connectivity index (χ1) is 7.09. The SMILES string of the molecule is Cc1cc(C)c(-c2cnoc2N)c(C)c1. The molecule has 0 fully saturated rings. The second-order valence-corrected chi connectivity index (χ2v) is 3.88. The topological polar surface area (TPSA) is 52.0 Å². The van der Waals surface area contributed by atoms with Crippen LogP contribution in [0.15, 0.2) is 22.9 Å². The summed E-state index contributed by atoms with van der Waals surface area (Å²) in [4.78, 5) is 0. The summed E-state index contributed by atoms with van der Waals surface area (Å²) in [5.41, 5.74) is 11.4. The van der Waals surface area contributed by atoms with Gasteiger partial charge in [0.1, 0.15) is 0 Å². The fraction of sp³-hybridized carbons (Fsp3) is 0.250. The van der Waals surface area contributed by atoms with E-state index in [4.69, 9.17) is 10.3 Å². The van der Waals surface area contributed by atoms with E-state index in [2.05, 4.69) is 38.1 Å². The molecule has 3 heteroatoms. The molecule has 0 bridgehead atoms. The Morgan fingerprint density at radius 2 is 1.73 bits per heavy atom. The molecule has 2 rings (SSSR count). The van der Waals surface area contributed by atoms with Gasteiger partial charge in [0.2, 0.25) is 5.88 Å². The van der Waals surface area contributed by atoms with Crippen LogP contribution in [0.25, 0.3) is 11.1 Å². The molecule has 0 radical (unpaired) electrons. The number of rotatable bonds is 1. The largest absolute Gasteiger partial charge is 0.367 e. The van der Waals surface area contributed by atoms with Gasteiger partial charge >= 0.3 is 0 Å². The molecule has 0 amide bonds. The Bertz CT molecular complexity index is 477. The molecule has 15 heavy (non-hydrogen) atoms. The van der Waals surface area contributed by atoms with E-state index in [-0.39, 0.29) is 0 Å². The van der Waals surface area contributed by atoms with Crippen molar-refractivity contribution in [2.75, 3.05) is 5.73 Å². The molecular formula is C12H14N2O. The van der Waals surface area contributed by atoms with E-state index in [9.17, 15) is 0 Å². The number of hydrogen-bond donors (Lipinski definition) is 1. The molecule has 1 aromatic carbocycles. The molecule has 0 aliphatic heterocycles. The van der Waals surface area contributed by atoms with Crippen molar-refractivity contribution in [3.05, 3.63) is 35.0 Å². The van der Waals surface area contributed by atoms with Crippen LogP contribution in [0, 0.1) is 20.8 Å². The summed E-state index contributed by atoms with van der Waals surface area (Å²) < 4.78 is 4.89. The molecule has 2 N–H and O–H groups in total. The van der Waals surface area contributed by atoms with Gasteiger partial charge in [0.15, 0.2) is 0 Å². The molecule has 0 spiro atoms. The van der Waals surface area contributed by atoms with Crippen molar-refractivity contribution in [3.8, 4) is 11.1 Å². The van der Waals surface area contributed by atoms with Gasteiger partial charge in [0, 0.05) is 0 Å². The number of nitrogens with zero attached hydrogens (tertiary/aromatic N) is 1. The summed E-state index contributed by atoms with van der Waals surface area (Å²) in [6.45, 7) is 6.23. The molecule has 0 atom stereocenters. The number of benzene rings is 1. The van der Waals surface area contributed by atoms with Crippen LogP contribution in [0.2, 0.25) is 0 Å². The maximum Gasteiger partial charge on any atom is 0.229 e. The number of nitrogen functional groups attached to an aromatic ring is 1. The summed E-state index contributed by atoms with van der Waals surface area (Å²) in [5, 5.41) is 3.70. The Hall–Kier alpha value is -1.77. The van der Waals surface area contributed by atoms with E-state index in [1.165, 1.54) is 16.7 Å². The average molecular weight is 202 g/mol. The monoisotopic (exact) mass is 202 g/mol. The lowest BCUT2D eigenvalue weighted by molar-refractivity contribution is 0.436. The number of nitrogens with two attached hydrogens (primary N) is 1. The highest BCUT2D eigenvalue weighted by molar-refractivity contribution is 5.77. The minimum atomic E-state index is 0.380. The molecule has 0 aliphatic rings. The van der Waals surface area contributed by atoms with E-state index in [0.29, 0.717) is 5.88 Å². The van der Waals surface area contributed by atoms with Gasteiger partial charge in [0.05, 0.1) is 11.8 Å². The summed E-state index contributed by atoms with van der Waals surface area (Å²) in [6, 6.07) is 4.27. The molecule has 3 nitrogen and oxygen atoms in total. The number of aromatic nitrogens is 1. The van der Waals surface area contributed by atoms with E-state index >= 15 is 0 Å². The number of anilines is 1. The highest BCUT2D eigenvalue weighted by Crippen LogP contribution is 2.31. The Balaban J connectivity index is 2.68. The fourth-order valence-corrected chi connectivity index (χ4v) is 2.04. The van der Waals surface area contributed by atoms with E-state index < -0.39 is 0 Å². The molecule has 0 saturated carbocycles. The summed E-state index contributed by atoms with van der Waals surface area (Å²) in [6.07, 6.45) is 1.67. The lowest BCUT2D eigenvalue weighted by atomic mass is 9.95. The Morgan fingerprint density at radius 3 is 2.20 bits per heavy atom. The van der Waals surface area contributed by atoms with Crippen LogP contribution in [0.5, 0.6) is 0 Å². The van der Waals surface area contributed by atoms with Crippen LogP contribution in [-0.2, 0) is 0 Å². The second kappa shape index (κ2) is 3.42. The Labute approximate surface area is 88.9 Å². The molecule has 0 unspecified atom stereocenters. The van der Waals surface area contributed by atoms with Crippen LogP contribution in [0.1, 0.15) is 16.7 Å². The van der Waals surface area contributed by atoms with Crippen molar-refractivity contribution < 1.29 is 4.52 Å². The minimum Gasteiger partial charge on any atom is -0.367 e. The molecule has 78 valence electrons. The highest BCUT2D eigenvalue weighted by Gasteiger charge is 2.12. The van der Waals surface area contributed by atoms with Crippen molar-refractivity contribution in [1.82, 2.24) is 5.16 Å². The smallest absolute Gasteiger partial charge is 0.229 e. The third kappa shape index (κ3) is 1.61. The first-order valence-electron chi connectivity index (χ1n) is 4.88. The first-order valence-corrected chi connectivity index (χ1v) is 4.88. The van der Waals surface area contributed by atoms with Gasteiger partial charge in [-0.25, -0.2) is 0 Å². The highest BCUT2D eigenvalue weighted by atomic mass is 16.5. The Kier molecular flexibility index (Phi) is 2.23. The summed E-state index contributed by atoms with van der Waals surface area (Å²) in [7, 11) is 0. The molecule has 1 heterocycles. The normalized spacial score (nSPS) is 10.6. The van der Waals surface area contributed by atoms with Crippen LogP contribution in [-0.4, -0.2) is 5.16 Å². The van der Waals surface area contributed by atoms with Gasteiger partial charge in [-0.1, -0.05) is 22.9 Å². The van der Waals surface area contributed by atoms with Crippen LogP contribution < -0.4 is 5.73 Å². The zero-order chi connectivity index (χ0) is 11.0. The molecule has 2 aromatic rings. The van der Waals surface area contributed by atoms with Crippen molar-refractivity contribution in [1.29, 1.82) is 0 Å². The lowest BCUT2D eigenvalue weighted by Crippen LogP contribution is -1.92. The van der Waals surface area contributed by atoms with Crippen LogP contribution in [0.4, 0.5) is 5.88 Å². The van der Waals surface area contributed by atoms with Gasteiger partial charge in [-0.05, 0) is 37.5 Å². The fourth-order valence-electron chi connectivity index (χ4n) is 2.04. The molecule has 0 aliphatic carbocycles. The van der Waals surface area contributed by atoms with Crippen molar-refractivity contribution in [3.63, 3.8) is 0 Å². The number of aryl methyl sites for hydroxylation is 3. The van der Waals surface area contributed by atoms with Gasteiger partial charge in [-0.2, -0.15) is 0 Å². The second-order valence-electron chi connectivity index (χ2n) is 3.88. The summed E-state index contributed by atoms with van der Waals surface area (Å²) in [5.74, 6) is 0.380. The number of hydrogen-bond acceptors (Lipinski definition) is 3. The molecule has 1 aromatic heterocycles. The van der Waals surface area contributed by atoms with Gasteiger partial charge in [0.25, 0.3) is 0 Å². The lowest BCUT2D eigenvalue weighted by Gasteiger charge is -2.09. The van der Waals surface area contributed by atoms with Crippen molar-refractivity contribution in [2.45, 2.75) is 20.8 Å². The Morgan fingerprint density at radius 1 is 1.13 bits per heavy atom. The average Bonchev–Trinajstić information content (AvgIpc) is 2.50. The van der Waals surface area contributed by atoms with Gasteiger partial charge < -0.3 is 10.3 Å². The third-order valence-electron chi connectivity index (χ3n) is 2.54. The van der Waals surface area contributed by atoms with Gasteiger partial charge in [-0.3, -0.25) is 0 Å². The van der Waals surface area contributed by atoms with Crippen LogP contribution >= 0.6 is 0 Å². The van der Waals surface area contributed by atoms with E-state index in [0.717, 1.165) is 11.1 Å². The van der Waals surface area contributed by atoms with Crippen LogP contribution in [0.3, 0.4) is 0 Å². The molecule has 0 saturated heterocycles. The standard InChI is InChI=1S/C12H14N2O/c1-7-4-8(2)11(9(3)5-7)10-6-14-15-12(10)13/h4-6H,13H2,1-3H3. The van der Waals surface area contributed by atoms with Gasteiger partial charge in [-0.15, -0.1) is 0 Å². The van der Waals surface area contributed by atoms with Crippen molar-refractivity contribution >= 4 is 5.88 Å². The summed E-state index contributed by atoms with van der Waals surface area (Å²) >= 11 is 0. The third-order valence-corrected chi connectivity index (χ3v) is 2.54. The van der Waals surface area contributed by atoms with Crippen molar-refractivity contribution in [2.24, 2.45) is 0 Å². The van der Waals surface area contributed by atoms with E-state index in [1.807, 2.05) is 0 Å². The predicted octanol–water partition coefficient (Wildman–Crippen LogP) is 2.85. The quantitative estimate of drug-likeness (QED) is 0.773. The van der Waals surface area contributed by atoms with E-state index in [1.54, 1.807) is 6.20 Å². The zero-order valence-electron chi connectivity index (χ0n) is 9.16. The molecular weight excluding hydrogens is 188 g/mol. The zero-order valence-corrected chi connectivity index (χ0v) is 9.16. The first kappa shape index (κ1) is 9.77. The predicted molar refractivity (Wildman–Crippen MR) is 60.6 cm³/mol.